The number of nitrogens with zero attached hydrogens (tertiary/aromatic N) is 2. The van der Waals surface area contributed by atoms with Gasteiger partial charge in [-0.1, -0.05) is 29.3 Å². The molecule has 1 aliphatic heterocycles. The van der Waals surface area contributed by atoms with E-state index in [9.17, 15) is 22.6 Å². The first-order chi connectivity index (χ1) is 17.6. The molecule has 194 valence electrons. The first kappa shape index (κ1) is 27.2. The van der Waals surface area contributed by atoms with Crippen LogP contribution in [0, 0.1) is 11.6 Å². The summed E-state index contributed by atoms with van der Waals surface area (Å²) >= 11 is 12.5. The highest BCUT2D eigenvalue weighted by Gasteiger charge is 2.34. The van der Waals surface area contributed by atoms with Crippen molar-refractivity contribution in [2.45, 2.75) is 30.8 Å². The Bertz CT molecular complexity index is 1390. The molecule has 1 aliphatic rings. The van der Waals surface area contributed by atoms with Gasteiger partial charge in [-0.15, -0.1) is 0 Å². The van der Waals surface area contributed by atoms with Gasteiger partial charge < -0.3 is 9.80 Å². The van der Waals surface area contributed by atoms with E-state index in [0.717, 1.165) is 23.9 Å². The topological polar surface area (TPSA) is 57.7 Å². The summed E-state index contributed by atoms with van der Waals surface area (Å²) in [6.45, 7) is 5.15. The Kier molecular flexibility index (Phi) is 8.31. The van der Waals surface area contributed by atoms with E-state index < -0.39 is 34.0 Å². The van der Waals surface area contributed by atoms with Crippen LogP contribution in [0.2, 0.25) is 10.0 Å². The average Bonchev–Trinajstić information content (AvgIpc) is 2.86. The summed E-state index contributed by atoms with van der Waals surface area (Å²) in [5.74, 6) is -3.51. The predicted molar refractivity (Wildman–Crippen MR) is 142 cm³/mol. The predicted octanol–water partition coefficient (Wildman–Crippen LogP) is 6.00. The number of benzene rings is 3. The molecule has 0 radical (unpaired) electrons. The monoisotopic (exact) mass is 564 g/mol. The molecule has 5 nitrogen and oxygen atoms in total. The zero-order chi connectivity index (χ0) is 26.9. The quantitative estimate of drug-likeness (QED) is 0.344. The number of ketones is 1. The largest absolute Gasteiger partial charge is 0.365 e. The molecule has 0 aliphatic carbocycles. The molecular weight excluding hydrogens is 541 g/mol. The number of carbonyl (C=O) groups is 2. The lowest BCUT2D eigenvalue weighted by Gasteiger charge is -2.46. The van der Waals surface area contributed by atoms with Crippen molar-refractivity contribution in [3.05, 3.63) is 93.5 Å². The van der Waals surface area contributed by atoms with E-state index >= 15 is 0 Å². The summed E-state index contributed by atoms with van der Waals surface area (Å²) in [4.78, 5) is 29.9. The number of amides is 1. The second-order valence-corrected chi connectivity index (χ2v) is 11.1. The van der Waals surface area contributed by atoms with Gasteiger partial charge in [0.25, 0.3) is 5.91 Å². The molecule has 0 bridgehead atoms. The fourth-order valence-electron chi connectivity index (χ4n) is 4.38. The Balaban J connectivity index is 1.45. The molecular formula is C27H24Cl2F2N2O3S. The van der Waals surface area contributed by atoms with Crippen molar-refractivity contribution in [3.8, 4) is 0 Å². The molecule has 1 fully saturated rings. The van der Waals surface area contributed by atoms with E-state index in [2.05, 4.69) is 4.90 Å². The van der Waals surface area contributed by atoms with Gasteiger partial charge in [-0.05, 0) is 68.4 Å². The maximum atomic E-state index is 13.4. The maximum Gasteiger partial charge on any atom is 0.254 e. The van der Waals surface area contributed by atoms with Crippen molar-refractivity contribution >= 4 is 51.4 Å². The molecule has 0 spiro atoms. The lowest BCUT2D eigenvalue weighted by Crippen LogP contribution is -2.59. The van der Waals surface area contributed by atoms with Crippen LogP contribution in [0.1, 0.15) is 34.6 Å². The van der Waals surface area contributed by atoms with Crippen LogP contribution in [0.15, 0.2) is 65.6 Å². The van der Waals surface area contributed by atoms with Gasteiger partial charge in [0.15, 0.2) is 17.4 Å². The van der Waals surface area contributed by atoms with Crippen LogP contribution >= 0.6 is 23.2 Å². The van der Waals surface area contributed by atoms with Crippen LogP contribution in [-0.2, 0) is 10.8 Å². The SMILES string of the molecule is CC1[C@H](C)N(C(=O)c2ccc(S(=O)CC(=O)c3ccc(F)c(F)c3)c(Cl)c2)CCN1c1cccc(Cl)c1. The van der Waals surface area contributed by atoms with Gasteiger partial charge >= 0.3 is 0 Å². The number of hydrogen-bond donors (Lipinski definition) is 0. The van der Waals surface area contributed by atoms with Gasteiger partial charge in [0.1, 0.15) is 0 Å². The smallest absolute Gasteiger partial charge is 0.254 e. The van der Waals surface area contributed by atoms with E-state index in [1.807, 2.05) is 38.1 Å². The van der Waals surface area contributed by atoms with Crippen LogP contribution in [0.4, 0.5) is 14.5 Å². The summed E-state index contributed by atoms with van der Waals surface area (Å²) in [7, 11) is -1.84. The zero-order valence-corrected chi connectivity index (χ0v) is 22.4. The molecule has 3 aromatic carbocycles. The van der Waals surface area contributed by atoms with Crippen molar-refractivity contribution in [1.82, 2.24) is 4.90 Å². The molecule has 1 saturated heterocycles. The molecule has 1 amide bonds. The third-order valence-electron chi connectivity index (χ3n) is 6.59. The highest BCUT2D eigenvalue weighted by molar-refractivity contribution is 7.86. The number of halogens is 4. The molecule has 4 rings (SSSR count). The van der Waals surface area contributed by atoms with E-state index in [4.69, 9.17) is 23.2 Å². The number of Topliss-reactive ketones (excluding diaryl/α,β-unsaturated/α-hetero) is 1. The number of piperazine rings is 1. The summed E-state index contributed by atoms with van der Waals surface area (Å²) in [5, 5.41) is 0.732. The Labute approximate surface area is 226 Å². The molecule has 10 heteroatoms. The van der Waals surface area contributed by atoms with Gasteiger partial charge in [-0.3, -0.25) is 13.8 Å². The Morgan fingerprint density at radius 2 is 1.65 bits per heavy atom. The third-order valence-corrected chi connectivity index (χ3v) is 8.62. The second-order valence-electron chi connectivity index (χ2n) is 8.84. The fourth-order valence-corrected chi connectivity index (χ4v) is 6.06. The summed E-state index contributed by atoms with van der Waals surface area (Å²) in [6.07, 6.45) is 0. The second kappa shape index (κ2) is 11.3. The highest BCUT2D eigenvalue weighted by Crippen LogP contribution is 2.29. The minimum atomic E-state index is -1.84. The maximum absolute atomic E-state index is 13.4. The Morgan fingerprint density at radius 3 is 2.32 bits per heavy atom. The number of rotatable bonds is 6. The van der Waals surface area contributed by atoms with E-state index in [0.29, 0.717) is 23.7 Å². The number of anilines is 1. The lowest BCUT2D eigenvalue weighted by atomic mass is 10.0. The van der Waals surface area contributed by atoms with Crippen LogP contribution in [-0.4, -0.2) is 51.7 Å². The van der Waals surface area contributed by atoms with E-state index in [1.165, 1.54) is 18.2 Å². The minimum absolute atomic E-state index is 0.0285. The van der Waals surface area contributed by atoms with Crippen molar-refractivity contribution in [2.24, 2.45) is 0 Å². The van der Waals surface area contributed by atoms with Crippen LogP contribution in [0.25, 0.3) is 0 Å². The fraction of sp³-hybridized carbons (Fsp3) is 0.259. The van der Waals surface area contributed by atoms with Gasteiger partial charge in [0.2, 0.25) is 0 Å². The molecule has 3 atom stereocenters. The molecule has 0 N–H and O–H groups in total. The van der Waals surface area contributed by atoms with Crippen LogP contribution in [0.3, 0.4) is 0 Å². The zero-order valence-electron chi connectivity index (χ0n) is 20.1. The summed E-state index contributed by atoms with van der Waals surface area (Å²) in [5.41, 5.74) is 1.25. The van der Waals surface area contributed by atoms with Crippen molar-refractivity contribution in [2.75, 3.05) is 23.7 Å². The first-order valence-electron chi connectivity index (χ1n) is 11.6. The normalized spacial score (nSPS) is 18.5. The molecule has 3 aromatic rings. The first-order valence-corrected chi connectivity index (χ1v) is 13.6. The van der Waals surface area contributed by atoms with Gasteiger partial charge in [0, 0.05) is 47.0 Å². The van der Waals surface area contributed by atoms with Gasteiger partial charge in [0.05, 0.1) is 26.5 Å². The Morgan fingerprint density at radius 1 is 0.919 bits per heavy atom. The van der Waals surface area contributed by atoms with E-state index in [-0.39, 0.29) is 33.5 Å². The molecule has 0 saturated carbocycles. The lowest BCUT2D eigenvalue weighted by molar-refractivity contribution is 0.0634. The van der Waals surface area contributed by atoms with Crippen LogP contribution < -0.4 is 4.90 Å². The molecule has 1 heterocycles. The van der Waals surface area contributed by atoms with E-state index in [1.54, 1.807) is 4.90 Å². The standard InChI is InChI=1S/C27H24Cl2F2N2O3S/c1-16-17(2)33(11-10-32(16)21-5-3-4-20(28)14-21)27(35)19-7-9-26(22(29)12-19)37(36)15-25(34)18-6-8-23(30)24(31)13-18/h3-9,12-14,16-17H,10-11,15H2,1-2H3/t16?,17-,37?/m0/s1. The minimum Gasteiger partial charge on any atom is -0.365 e. The van der Waals surface area contributed by atoms with Crippen molar-refractivity contribution < 1.29 is 22.6 Å². The number of hydrogen-bond acceptors (Lipinski definition) is 4. The summed E-state index contributed by atoms with van der Waals surface area (Å²) < 4.78 is 39.4. The van der Waals surface area contributed by atoms with Crippen LogP contribution in [0.5, 0.6) is 0 Å². The molecule has 2 unspecified atom stereocenters. The average molecular weight is 565 g/mol. The van der Waals surface area contributed by atoms with Gasteiger partial charge in [-0.2, -0.15) is 0 Å². The highest BCUT2D eigenvalue weighted by atomic mass is 35.5. The van der Waals surface area contributed by atoms with Gasteiger partial charge in [-0.25, -0.2) is 8.78 Å². The number of carbonyl (C=O) groups excluding carboxylic acids is 2. The third kappa shape index (κ3) is 5.87. The summed E-state index contributed by atoms with van der Waals surface area (Å²) in [6, 6.07) is 14.7. The van der Waals surface area contributed by atoms with Crippen molar-refractivity contribution in [1.29, 1.82) is 0 Å². The molecule has 0 aromatic heterocycles. The van der Waals surface area contributed by atoms with Crippen molar-refractivity contribution in [3.63, 3.8) is 0 Å². The Hall–Kier alpha value is -2.81. The molecule has 37 heavy (non-hydrogen) atoms.